The fourth-order valence-corrected chi connectivity index (χ4v) is 4.83. The van der Waals surface area contributed by atoms with Gasteiger partial charge in [0.15, 0.2) is 0 Å². The predicted octanol–water partition coefficient (Wildman–Crippen LogP) is 4.87. The molecule has 1 N–H and O–H groups in total. The standard InChI is InChI=1S/C27H26N2O3/c1-31-20-14-12-19(13-15-20)26-25-22(21-10-6-7-11-23(21)28-25)16-24(27(30)32-2)29(26)17-18-8-4-3-5-9-18/h3-15,24,26,28H,16-17H2,1-2H3/t24-,26+/m1/s1. The average molecular weight is 427 g/mol. The molecular formula is C27H26N2O3. The van der Waals surface area contributed by atoms with Crippen molar-refractivity contribution in [3.8, 4) is 5.75 Å². The van der Waals surface area contributed by atoms with Crippen molar-refractivity contribution in [2.24, 2.45) is 0 Å². The number of para-hydroxylation sites is 1. The third-order valence-corrected chi connectivity index (χ3v) is 6.36. The molecular weight excluding hydrogens is 400 g/mol. The number of esters is 1. The van der Waals surface area contributed by atoms with E-state index in [4.69, 9.17) is 9.47 Å². The Morgan fingerprint density at radius 2 is 1.69 bits per heavy atom. The number of aromatic amines is 1. The molecule has 0 amide bonds. The molecule has 3 aromatic carbocycles. The van der Waals surface area contributed by atoms with Crippen molar-refractivity contribution in [2.75, 3.05) is 14.2 Å². The molecule has 5 rings (SSSR count). The molecule has 0 bridgehead atoms. The molecule has 2 heterocycles. The summed E-state index contributed by atoms with van der Waals surface area (Å²) in [6.45, 7) is 0.631. The maximum Gasteiger partial charge on any atom is 0.323 e. The highest BCUT2D eigenvalue weighted by molar-refractivity contribution is 5.87. The first kappa shape index (κ1) is 20.3. The maximum atomic E-state index is 13.0. The van der Waals surface area contributed by atoms with Crippen molar-refractivity contribution >= 4 is 16.9 Å². The van der Waals surface area contributed by atoms with Gasteiger partial charge in [-0.3, -0.25) is 9.69 Å². The Labute approximate surface area is 187 Å². The lowest BCUT2D eigenvalue weighted by Gasteiger charge is -2.41. The van der Waals surface area contributed by atoms with Crippen molar-refractivity contribution < 1.29 is 14.3 Å². The topological polar surface area (TPSA) is 54.6 Å². The SMILES string of the molecule is COC(=O)[C@H]1Cc2c([nH]c3ccccc23)[C@H](c2ccc(OC)cc2)N1Cc1ccccc1. The summed E-state index contributed by atoms with van der Waals surface area (Å²) in [6, 6.07) is 26.1. The van der Waals surface area contributed by atoms with E-state index in [-0.39, 0.29) is 18.1 Å². The number of hydrogen-bond acceptors (Lipinski definition) is 4. The Bertz CT molecular complexity index is 1230. The van der Waals surface area contributed by atoms with E-state index in [0.717, 1.165) is 33.5 Å². The molecule has 0 spiro atoms. The normalized spacial score (nSPS) is 18.3. The summed E-state index contributed by atoms with van der Waals surface area (Å²) in [5.74, 6) is 0.593. The Morgan fingerprint density at radius 3 is 2.41 bits per heavy atom. The number of fused-ring (bicyclic) bond motifs is 3. The van der Waals surface area contributed by atoms with Crippen LogP contribution in [0, 0.1) is 0 Å². The van der Waals surface area contributed by atoms with Crippen LogP contribution in [0.15, 0.2) is 78.9 Å². The first-order valence-electron chi connectivity index (χ1n) is 10.8. The molecule has 0 fully saturated rings. The predicted molar refractivity (Wildman–Crippen MR) is 125 cm³/mol. The molecule has 0 saturated heterocycles. The van der Waals surface area contributed by atoms with Crippen molar-refractivity contribution in [2.45, 2.75) is 25.0 Å². The number of methoxy groups -OCH3 is 2. The lowest BCUT2D eigenvalue weighted by molar-refractivity contribution is -0.148. The highest BCUT2D eigenvalue weighted by Gasteiger charge is 2.41. The van der Waals surface area contributed by atoms with Gasteiger partial charge in [-0.25, -0.2) is 0 Å². The van der Waals surface area contributed by atoms with E-state index in [0.29, 0.717) is 13.0 Å². The second-order valence-corrected chi connectivity index (χ2v) is 8.14. The zero-order valence-corrected chi connectivity index (χ0v) is 18.2. The van der Waals surface area contributed by atoms with Gasteiger partial charge in [-0.1, -0.05) is 60.7 Å². The number of ether oxygens (including phenoxy) is 2. The van der Waals surface area contributed by atoms with Gasteiger partial charge in [0.1, 0.15) is 11.8 Å². The zero-order valence-electron chi connectivity index (χ0n) is 18.2. The number of carbonyl (C=O) groups is 1. The van der Waals surface area contributed by atoms with Crippen LogP contribution in [0.25, 0.3) is 10.9 Å². The second kappa shape index (κ2) is 8.52. The van der Waals surface area contributed by atoms with Gasteiger partial charge in [0, 0.05) is 29.6 Å². The molecule has 0 saturated carbocycles. The minimum atomic E-state index is -0.390. The lowest BCUT2D eigenvalue weighted by Crippen LogP contribution is -2.48. The van der Waals surface area contributed by atoms with Crippen LogP contribution in [0.5, 0.6) is 5.75 Å². The number of aromatic nitrogens is 1. The van der Waals surface area contributed by atoms with Crippen LogP contribution in [0.1, 0.15) is 28.4 Å². The van der Waals surface area contributed by atoms with E-state index in [9.17, 15) is 4.79 Å². The van der Waals surface area contributed by atoms with Gasteiger partial charge >= 0.3 is 5.97 Å². The molecule has 1 aliphatic rings. The summed E-state index contributed by atoms with van der Waals surface area (Å²) < 4.78 is 10.6. The number of rotatable bonds is 5. The Kier molecular flexibility index (Phi) is 5.41. The summed E-state index contributed by atoms with van der Waals surface area (Å²) in [6.07, 6.45) is 0.603. The molecule has 1 aromatic heterocycles. The fraction of sp³-hybridized carbons (Fsp3) is 0.222. The van der Waals surface area contributed by atoms with E-state index in [1.807, 2.05) is 42.5 Å². The summed E-state index contributed by atoms with van der Waals surface area (Å²) in [7, 11) is 3.14. The maximum absolute atomic E-state index is 13.0. The minimum absolute atomic E-state index is 0.124. The van der Waals surface area contributed by atoms with Crippen LogP contribution >= 0.6 is 0 Å². The third kappa shape index (κ3) is 3.55. The van der Waals surface area contributed by atoms with Crippen LogP contribution in [0.2, 0.25) is 0 Å². The number of nitrogens with one attached hydrogen (secondary N) is 1. The Morgan fingerprint density at radius 1 is 0.969 bits per heavy atom. The number of hydrogen-bond donors (Lipinski definition) is 1. The van der Waals surface area contributed by atoms with E-state index in [1.165, 1.54) is 12.7 Å². The van der Waals surface area contributed by atoms with Crippen LogP contribution in [0.3, 0.4) is 0 Å². The van der Waals surface area contributed by atoms with E-state index in [1.54, 1.807) is 7.11 Å². The lowest BCUT2D eigenvalue weighted by atomic mass is 9.87. The summed E-state index contributed by atoms with van der Waals surface area (Å²) in [4.78, 5) is 18.9. The fourth-order valence-electron chi connectivity index (χ4n) is 4.83. The number of H-pyrrole nitrogens is 1. The molecule has 5 nitrogen and oxygen atoms in total. The third-order valence-electron chi connectivity index (χ3n) is 6.36. The Hall–Kier alpha value is -3.57. The monoisotopic (exact) mass is 426 g/mol. The van der Waals surface area contributed by atoms with Gasteiger partial charge in [0.25, 0.3) is 0 Å². The summed E-state index contributed by atoms with van der Waals surface area (Å²) >= 11 is 0. The molecule has 4 aromatic rings. The Balaban J connectivity index is 1.70. The molecule has 5 heteroatoms. The molecule has 1 aliphatic heterocycles. The first-order chi connectivity index (χ1) is 15.7. The quantitative estimate of drug-likeness (QED) is 0.463. The van der Waals surface area contributed by atoms with Gasteiger partial charge in [-0.15, -0.1) is 0 Å². The highest BCUT2D eigenvalue weighted by atomic mass is 16.5. The van der Waals surface area contributed by atoms with Crippen molar-refractivity contribution in [3.05, 3.63) is 101 Å². The molecule has 0 unspecified atom stereocenters. The summed E-state index contributed by atoms with van der Waals surface area (Å²) in [5, 5.41) is 1.16. The number of benzene rings is 3. The molecule has 32 heavy (non-hydrogen) atoms. The van der Waals surface area contributed by atoms with Gasteiger partial charge < -0.3 is 14.5 Å². The minimum Gasteiger partial charge on any atom is -0.497 e. The van der Waals surface area contributed by atoms with Crippen molar-refractivity contribution in [3.63, 3.8) is 0 Å². The van der Waals surface area contributed by atoms with Crippen LogP contribution in [-0.4, -0.2) is 36.1 Å². The average Bonchev–Trinajstić information content (AvgIpc) is 3.22. The van der Waals surface area contributed by atoms with E-state index >= 15 is 0 Å². The van der Waals surface area contributed by atoms with Crippen LogP contribution in [-0.2, 0) is 22.5 Å². The van der Waals surface area contributed by atoms with Crippen molar-refractivity contribution in [1.29, 1.82) is 0 Å². The largest absolute Gasteiger partial charge is 0.497 e. The van der Waals surface area contributed by atoms with Crippen LogP contribution < -0.4 is 4.74 Å². The van der Waals surface area contributed by atoms with Gasteiger partial charge in [0.2, 0.25) is 0 Å². The van der Waals surface area contributed by atoms with E-state index in [2.05, 4.69) is 46.3 Å². The molecule has 0 radical (unpaired) electrons. The second-order valence-electron chi connectivity index (χ2n) is 8.14. The van der Waals surface area contributed by atoms with Gasteiger partial charge in [-0.2, -0.15) is 0 Å². The van der Waals surface area contributed by atoms with Gasteiger partial charge in [-0.05, 0) is 34.9 Å². The highest BCUT2D eigenvalue weighted by Crippen LogP contribution is 2.42. The van der Waals surface area contributed by atoms with Crippen LogP contribution in [0.4, 0.5) is 0 Å². The molecule has 0 aliphatic carbocycles. The van der Waals surface area contributed by atoms with Gasteiger partial charge in [0.05, 0.1) is 20.3 Å². The molecule has 162 valence electrons. The van der Waals surface area contributed by atoms with E-state index < -0.39 is 0 Å². The zero-order chi connectivity index (χ0) is 22.1. The smallest absolute Gasteiger partial charge is 0.323 e. The van der Waals surface area contributed by atoms with Crippen molar-refractivity contribution in [1.82, 2.24) is 9.88 Å². The molecule has 2 atom stereocenters. The number of nitrogens with zero attached hydrogens (tertiary/aromatic N) is 1. The summed E-state index contributed by atoms with van der Waals surface area (Å²) in [5.41, 5.74) is 5.65. The number of carbonyl (C=O) groups excluding carboxylic acids is 1. The first-order valence-corrected chi connectivity index (χ1v) is 10.8.